The van der Waals surface area contributed by atoms with Gasteiger partial charge >= 0.3 is 5.97 Å². The SMILES string of the molecule is COC(=O)c1c(C=O)ccnc1OCc1ncccc1F. The molecule has 0 spiro atoms. The van der Waals surface area contributed by atoms with Gasteiger partial charge in [-0.2, -0.15) is 0 Å². The third kappa shape index (κ3) is 3.19. The zero-order chi connectivity index (χ0) is 15.2. The molecule has 2 aromatic heterocycles. The van der Waals surface area contributed by atoms with Gasteiger partial charge in [-0.05, 0) is 18.2 Å². The molecule has 2 aromatic rings. The molecule has 0 aliphatic heterocycles. The van der Waals surface area contributed by atoms with Gasteiger partial charge in [0.25, 0.3) is 0 Å². The van der Waals surface area contributed by atoms with Crippen LogP contribution in [0.15, 0.2) is 30.6 Å². The number of aldehydes is 1. The van der Waals surface area contributed by atoms with E-state index in [-0.39, 0.29) is 29.3 Å². The predicted octanol–water partition coefficient (Wildman–Crippen LogP) is 1.79. The van der Waals surface area contributed by atoms with Crippen molar-refractivity contribution in [1.82, 2.24) is 9.97 Å². The third-order valence-electron chi connectivity index (χ3n) is 2.65. The number of methoxy groups -OCH3 is 1. The average Bonchev–Trinajstić information content (AvgIpc) is 2.53. The fraction of sp³-hybridized carbons (Fsp3) is 0.143. The minimum atomic E-state index is -0.762. The number of pyridine rings is 2. The first-order chi connectivity index (χ1) is 10.2. The van der Waals surface area contributed by atoms with Gasteiger partial charge in [0, 0.05) is 18.0 Å². The number of nitrogens with zero attached hydrogens (tertiary/aromatic N) is 2. The molecule has 0 bridgehead atoms. The Hall–Kier alpha value is -2.83. The summed E-state index contributed by atoms with van der Waals surface area (Å²) in [5, 5.41) is 0. The van der Waals surface area contributed by atoms with E-state index in [0.717, 1.165) is 0 Å². The van der Waals surface area contributed by atoms with Crippen molar-refractivity contribution >= 4 is 12.3 Å². The monoisotopic (exact) mass is 290 g/mol. The van der Waals surface area contributed by atoms with E-state index in [2.05, 4.69) is 14.7 Å². The van der Waals surface area contributed by atoms with Gasteiger partial charge < -0.3 is 9.47 Å². The smallest absolute Gasteiger partial charge is 0.344 e. The molecular weight excluding hydrogens is 279 g/mol. The van der Waals surface area contributed by atoms with Crippen LogP contribution in [0.1, 0.15) is 26.4 Å². The van der Waals surface area contributed by atoms with Crippen molar-refractivity contribution in [1.29, 1.82) is 0 Å². The van der Waals surface area contributed by atoms with Crippen LogP contribution in [0.25, 0.3) is 0 Å². The van der Waals surface area contributed by atoms with E-state index in [4.69, 9.17) is 4.74 Å². The first kappa shape index (κ1) is 14.6. The fourth-order valence-corrected chi connectivity index (χ4v) is 1.63. The summed E-state index contributed by atoms with van der Waals surface area (Å²) in [6.07, 6.45) is 3.21. The lowest BCUT2D eigenvalue weighted by molar-refractivity contribution is 0.0591. The summed E-state index contributed by atoms with van der Waals surface area (Å²) >= 11 is 0. The van der Waals surface area contributed by atoms with E-state index >= 15 is 0 Å². The lowest BCUT2D eigenvalue weighted by atomic mass is 10.1. The van der Waals surface area contributed by atoms with Crippen LogP contribution in [0.4, 0.5) is 4.39 Å². The van der Waals surface area contributed by atoms with Crippen LogP contribution < -0.4 is 4.74 Å². The van der Waals surface area contributed by atoms with Crippen LogP contribution in [0.5, 0.6) is 5.88 Å². The molecule has 6 nitrogen and oxygen atoms in total. The van der Waals surface area contributed by atoms with Crippen molar-refractivity contribution in [3.05, 3.63) is 53.2 Å². The summed E-state index contributed by atoms with van der Waals surface area (Å²) in [4.78, 5) is 30.4. The van der Waals surface area contributed by atoms with Gasteiger partial charge in [0.05, 0.1) is 7.11 Å². The van der Waals surface area contributed by atoms with Gasteiger partial charge in [-0.1, -0.05) is 0 Å². The zero-order valence-corrected chi connectivity index (χ0v) is 11.1. The number of hydrogen-bond donors (Lipinski definition) is 0. The van der Waals surface area contributed by atoms with Crippen LogP contribution in [0, 0.1) is 5.82 Å². The molecule has 0 aliphatic carbocycles. The van der Waals surface area contributed by atoms with E-state index in [0.29, 0.717) is 6.29 Å². The third-order valence-corrected chi connectivity index (χ3v) is 2.65. The molecule has 0 radical (unpaired) electrons. The van der Waals surface area contributed by atoms with E-state index < -0.39 is 11.8 Å². The Labute approximate surface area is 119 Å². The zero-order valence-electron chi connectivity index (χ0n) is 11.1. The van der Waals surface area contributed by atoms with Crippen LogP contribution in [-0.2, 0) is 11.3 Å². The first-order valence-electron chi connectivity index (χ1n) is 5.92. The van der Waals surface area contributed by atoms with Crippen molar-refractivity contribution in [2.24, 2.45) is 0 Å². The second kappa shape index (κ2) is 6.56. The highest BCUT2D eigenvalue weighted by Gasteiger charge is 2.20. The molecule has 108 valence electrons. The Kier molecular flexibility index (Phi) is 4.55. The van der Waals surface area contributed by atoms with Crippen LogP contribution in [-0.4, -0.2) is 29.3 Å². The highest BCUT2D eigenvalue weighted by molar-refractivity contribution is 6.00. The Morgan fingerprint density at radius 1 is 1.33 bits per heavy atom. The normalized spacial score (nSPS) is 10.0. The highest BCUT2D eigenvalue weighted by Crippen LogP contribution is 2.20. The topological polar surface area (TPSA) is 78.4 Å². The molecule has 21 heavy (non-hydrogen) atoms. The summed E-state index contributed by atoms with van der Waals surface area (Å²) in [5.74, 6) is -1.41. The number of carbonyl (C=O) groups is 2. The summed E-state index contributed by atoms with van der Waals surface area (Å²) in [6, 6.07) is 4.04. The van der Waals surface area contributed by atoms with E-state index in [1.54, 1.807) is 0 Å². The number of ether oxygens (including phenoxy) is 2. The van der Waals surface area contributed by atoms with E-state index in [1.807, 2.05) is 0 Å². The van der Waals surface area contributed by atoms with E-state index in [1.165, 1.54) is 37.7 Å². The molecule has 2 rings (SSSR count). The molecule has 0 fully saturated rings. The van der Waals surface area contributed by atoms with Gasteiger partial charge in [-0.25, -0.2) is 14.2 Å². The van der Waals surface area contributed by atoms with Gasteiger partial charge in [-0.3, -0.25) is 9.78 Å². The molecule has 0 saturated heterocycles. The van der Waals surface area contributed by atoms with Crippen molar-refractivity contribution < 1.29 is 23.5 Å². The highest BCUT2D eigenvalue weighted by atomic mass is 19.1. The summed E-state index contributed by atoms with van der Waals surface area (Å²) in [7, 11) is 1.17. The standard InChI is InChI=1S/C14H11FN2O4/c1-20-14(19)12-9(7-18)4-6-17-13(12)21-8-11-10(15)3-2-5-16-11/h2-7H,8H2,1H3. The molecule has 2 heterocycles. The summed E-state index contributed by atoms with van der Waals surface area (Å²) in [5.41, 5.74) is 0.0336. The van der Waals surface area contributed by atoms with Crippen LogP contribution >= 0.6 is 0 Å². The number of esters is 1. The first-order valence-corrected chi connectivity index (χ1v) is 5.92. The molecule has 0 aliphatic rings. The molecule has 0 unspecified atom stereocenters. The summed E-state index contributed by atoms with van der Waals surface area (Å²) < 4.78 is 23.3. The Balaban J connectivity index is 2.30. The second-order valence-corrected chi connectivity index (χ2v) is 3.91. The van der Waals surface area contributed by atoms with E-state index in [9.17, 15) is 14.0 Å². The second-order valence-electron chi connectivity index (χ2n) is 3.91. The van der Waals surface area contributed by atoms with Gasteiger partial charge in [0.2, 0.25) is 5.88 Å². The summed E-state index contributed by atoms with van der Waals surface area (Å²) in [6.45, 7) is -0.230. The molecular formula is C14H11FN2O4. The Morgan fingerprint density at radius 2 is 2.14 bits per heavy atom. The maximum Gasteiger partial charge on any atom is 0.344 e. The number of aromatic nitrogens is 2. The molecule has 0 amide bonds. The lowest BCUT2D eigenvalue weighted by Gasteiger charge is -2.10. The van der Waals surface area contributed by atoms with Crippen molar-refractivity contribution in [3.8, 4) is 5.88 Å². The number of carbonyl (C=O) groups excluding carboxylic acids is 2. The predicted molar refractivity (Wildman–Crippen MR) is 69.5 cm³/mol. The molecule has 0 aromatic carbocycles. The van der Waals surface area contributed by atoms with Gasteiger partial charge in [0.1, 0.15) is 23.7 Å². The minimum absolute atomic E-state index is 0.0617. The molecule has 0 atom stereocenters. The quantitative estimate of drug-likeness (QED) is 0.617. The molecule has 0 saturated carbocycles. The Bertz CT molecular complexity index is 676. The lowest BCUT2D eigenvalue weighted by Crippen LogP contribution is -2.11. The fourth-order valence-electron chi connectivity index (χ4n) is 1.63. The van der Waals surface area contributed by atoms with Crippen molar-refractivity contribution in [3.63, 3.8) is 0 Å². The number of rotatable bonds is 5. The van der Waals surface area contributed by atoms with Crippen molar-refractivity contribution in [2.45, 2.75) is 6.61 Å². The van der Waals surface area contributed by atoms with Crippen molar-refractivity contribution in [2.75, 3.05) is 7.11 Å². The molecule has 7 heteroatoms. The maximum absolute atomic E-state index is 13.5. The van der Waals surface area contributed by atoms with Crippen LogP contribution in [0.3, 0.4) is 0 Å². The Morgan fingerprint density at radius 3 is 2.81 bits per heavy atom. The largest absolute Gasteiger partial charge is 0.470 e. The van der Waals surface area contributed by atoms with Gasteiger partial charge in [0.15, 0.2) is 6.29 Å². The number of hydrogen-bond acceptors (Lipinski definition) is 6. The average molecular weight is 290 g/mol. The van der Waals surface area contributed by atoms with Crippen LogP contribution in [0.2, 0.25) is 0 Å². The van der Waals surface area contributed by atoms with Gasteiger partial charge in [-0.15, -0.1) is 0 Å². The maximum atomic E-state index is 13.5. The number of halogens is 1. The molecule has 0 N–H and O–H groups in total. The minimum Gasteiger partial charge on any atom is -0.470 e.